The molecule has 1 aromatic carbocycles. The Balaban J connectivity index is 2.44. The molecule has 1 aromatic rings. The largest absolute Gasteiger partial charge is 0.398 e. The fourth-order valence-electron chi connectivity index (χ4n) is 2.19. The molecule has 1 fully saturated rings. The third-order valence-corrected chi connectivity index (χ3v) is 6.43. The molecule has 1 saturated carbocycles. The number of nitrogen functional groups attached to an aromatic ring is 1. The van der Waals surface area contributed by atoms with Crippen LogP contribution in [0.5, 0.6) is 0 Å². The van der Waals surface area contributed by atoms with Gasteiger partial charge in [-0.15, -0.1) is 0 Å². The van der Waals surface area contributed by atoms with Gasteiger partial charge in [-0.1, -0.05) is 15.9 Å². The third kappa shape index (κ3) is 2.80. The molecule has 6 heteroatoms. The maximum absolute atomic E-state index is 12.7. The van der Waals surface area contributed by atoms with Gasteiger partial charge in [0, 0.05) is 23.2 Å². The number of anilines is 1. The normalized spacial score (nSPS) is 17.7. The second kappa shape index (κ2) is 5.07. The standard InChI is InChI=1S/C13H19BrN2O2S/c1-8-12(15)6-11(14)7-13(8)19(17,18)16(3)9(2)10-4-5-10/h6-7,9-10H,4-5,15H2,1-3H3. The number of sulfonamides is 1. The molecule has 106 valence electrons. The summed E-state index contributed by atoms with van der Waals surface area (Å²) in [6, 6.07) is 3.38. The zero-order valence-electron chi connectivity index (χ0n) is 11.4. The van der Waals surface area contributed by atoms with Crippen molar-refractivity contribution < 1.29 is 8.42 Å². The van der Waals surface area contributed by atoms with Crippen LogP contribution in [0.15, 0.2) is 21.5 Å². The Labute approximate surface area is 123 Å². The summed E-state index contributed by atoms with van der Waals surface area (Å²) in [7, 11) is -1.85. The van der Waals surface area contributed by atoms with E-state index in [1.807, 2.05) is 6.92 Å². The van der Waals surface area contributed by atoms with Gasteiger partial charge in [-0.25, -0.2) is 8.42 Å². The number of halogens is 1. The summed E-state index contributed by atoms with van der Waals surface area (Å²) in [4.78, 5) is 0.286. The molecule has 4 nitrogen and oxygen atoms in total. The first-order valence-electron chi connectivity index (χ1n) is 6.28. The molecule has 0 radical (unpaired) electrons. The van der Waals surface area contributed by atoms with Gasteiger partial charge < -0.3 is 5.73 Å². The van der Waals surface area contributed by atoms with Gasteiger partial charge in [0.2, 0.25) is 10.0 Å². The van der Waals surface area contributed by atoms with E-state index in [9.17, 15) is 8.42 Å². The van der Waals surface area contributed by atoms with Gasteiger partial charge in [0.05, 0.1) is 4.90 Å². The summed E-state index contributed by atoms with van der Waals surface area (Å²) in [5, 5.41) is 0. The Morgan fingerprint density at radius 2 is 2.00 bits per heavy atom. The van der Waals surface area contributed by atoms with Crippen molar-refractivity contribution in [3.05, 3.63) is 22.2 Å². The molecule has 0 heterocycles. The van der Waals surface area contributed by atoms with Crippen LogP contribution in [0.1, 0.15) is 25.3 Å². The number of rotatable bonds is 4. The Bertz CT molecular complexity index is 597. The van der Waals surface area contributed by atoms with Crippen molar-refractivity contribution in [2.24, 2.45) is 5.92 Å². The number of benzene rings is 1. The highest BCUT2D eigenvalue weighted by atomic mass is 79.9. The monoisotopic (exact) mass is 346 g/mol. The van der Waals surface area contributed by atoms with Crippen molar-refractivity contribution >= 4 is 31.6 Å². The summed E-state index contributed by atoms with van der Waals surface area (Å²) in [6.07, 6.45) is 2.22. The summed E-state index contributed by atoms with van der Waals surface area (Å²) < 4.78 is 27.5. The number of nitrogens with zero attached hydrogens (tertiary/aromatic N) is 1. The Morgan fingerprint density at radius 3 is 2.53 bits per heavy atom. The molecular weight excluding hydrogens is 328 g/mol. The molecule has 0 aromatic heterocycles. The van der Waals surface area contributed by atoms with Gasteiger partial charge in [0.15, 0.2) is 0 Å². The van der Waals surface area contributed by atoms with Crippen LogP contribution in [-0.2, 0) is 10.0 Å². The van der Waals surface area contributed by atoms with Gasteiger partial charge in [-0.05, 0) is 50.3 Å². The molecule has 1 unspecified atom stereocenters. The average Bonchev–Trinajstić information content (AvgIpc) is 3.15. The highest BCUT2D eigenvalue weighted by Crippen LogP contribution is 2.37. The van der Waals surface area contributed by atoms with Crippen LogP contribution in [0.3, 0.4) is 0 Å². The number of hydrogen-bond acceptors (Lipinski definition) is 3. The zero-order chi connectivity index (χ0) is 14.4. The lowest BCUT2D eigenvalue weighted by atomic mass is 10.2. The van der Waals surface area contributed by atoms with Crippen LogP contribution >= 0.6 is 15.9 Å². The van der Waals surface area contributed by atoms with Crippen molar-refractivity contribution in [2.45, 2.75) is 37.6 Å². The topological polar surface area (TPSA) is 63.4 Å². The quantitative estimate of drug-likeness (QED) is 0.852. The smallest absolute Gasteiger partial charge is 0.243 e. The van der Waals surface area contributed by atoms with Crippen LogP contribution < -0.4 is 5.73 Å². The lowest BCUT2D eigenvalue weighted by Gasteiger charge is -2.25. The summed E-state index contributed by atoms with van der Waals surface area (Å²) in [5.74, 6) is 0.490. The van der Waals surface area contributed by atoms with Crippen molar-refractivity contribution in [1.29, 1.82) is 0 Å². The molecule has 1 aliphatic rings. The second-order valence-corrected chi connectivity index (χ2v) is 8.10. The first kappa shape index (κ1) is 14.8. The predicted octanol–water partition coefficient (Wildman–Crippen LogP) is 2.76. The van der Waals surface area contributed by atoms with E-state index in [-0.39, 0.29) is 10.9 Å². The second-order valence-electron chi connectivity index (χ2n) is 5.22. The molecule has 0 saturated heterocycles. The van der Waals surface area contributed by atoms with E-state index < -0.39 is 10.0 Å². The molecule has 2 N–H and O–H groups in total. The maximum Gasteiger partial charge on any atom is 0.243 e. The SMILES string of the molecule is Cc1c(N)cc(Br)cc1S(=O)(=O)N(C)C(C)C1CC1. The fourth-order valence-corrected chi connectivity index (χ4v) is 4.52. The molecule has 2 rings (SSSR count). The minimum absolute atomic E-state index is 0.0320. The van der Waals surface area contributed by atoms with Gasteiger partial charge in [-0.3, -0.25) is 0 Å². The van der Waals surface area contributed by atoms with E-state index in [2.05, 4.69) is 15.9 Å². The minimum Gasteiger partial charge on any atom is -0.398 e. The van der Waals surface area contributed by atoms with Gasteiger partial charge in [0.1, 0.15) is 0 Å². The lowest BCUT2D eigenvalue weighted by Crippen LogP contribution is -2.36. The highest BCUT2D eigenvalue weighted by molar-refractivity contribution is 9.10. The van der Waals surface area contributed by atoms with Gasteiger partial charge in [-0.2, -0.15) is 4.31 Å². The van der Waals surface area contributed by atoms with E-state index in [1.165, 1.54) is 4.31 Å². The van der Waals surface area contributed by atoms with Crippen LogP contribution in [-0.4, -0.2) is 25.8 Å². The Hall–Kier alpha value is -0.590. The van der Waals surface area contributed by atoms with E-state index in [1.54, 1.807) is 26.1 Å². The van der Waals surface area contributed by atoms with Gasteiger partial charge >= 0.3 is 0 Å². The van der Waals surface area contributed by atoms with Gasteiger partial charge in [0.25, 0.3) is 0 Å². The van der Waals surface area contributed by atoms with E-state index in [0.717, 1.165) is 12.8 Å². The molecule has 0 spiro atoms. The van der Waals surface area contributed by atoms with Crippen LogP contribution in [0, 0.1) is 12.8 Å². The molecule has 19 heavy (non-hydrogen) atoms. The first-order valence-corrected chi connectivity index (χ1v) is 8.52. The summed E-state index contributed by atoms with van der Waals surface area (Å²) >= 11 is 3.30. The molecule has 1 atom stereocenters. The van der Waals surface area contributed by atoms with Crippen molar-refractivity contribution in [2.75, 3.05) is 12.8 Å². The van der Waals surface area contributed by atoms with Crippen LogP contribution in [0.4, 0.5) is 5.69 Å². The molecule has 0 aliphatic heterocycles. The molecule has 0 amide bonds. The molecule has 0 bridgehead atoms. The lowest BCUT2D eigenvalue weighted by molar-refractivity contribution is 0.357. The Morgan fingerprint density at radius 1 is 1.42 bits per heavy atom. The number of nitrogens with two attached hydrogens (primary N) is 1. The molecular formula is C13H19BrN2O2S. The summed E-state index contributed by atoms with van der Waals surface area (Å²) in [5.41, 5.74) is 6.95. The zero-order valence-corrected chi connectivity index (χ0v) is 13.8. The maximum atomic E-state index is 12.7. The van der Waals surface area contributed by atoms with Crippen molar-refractivity contribution in [3.8, 4) is 0 Å². The summed E-state index contributed by atoms with van der Waals surface area (Å²) in [6.45, 7) is 3.70. The predicted molar refractivity (Wildman–Crippen MR) is 80.4 cm³/mol. The van der Waals surface area contributed by atoms with E-state index >= 15 is 0 Å². The first-order chi connectivity index (χ1) is 8.75. The third-order valence-electron chi connectivity index (χ3n) is 3.90. The Kier molecular flexibility index (Phi) is 3.95. The molecule has 1 aliphatic carbocycles. The van der Waals surface area contributed by atoms with Crippen LogP contribution in [0.2, 0.25) is 0 Å². The van der Waals surface area contributed by atoms with Crippen molar-refractivity contribution in [3.63, 3.8) is 0 Å². The van der Waals surface area contributed by atoms with Crippen LogP contribution in [0.25, 0.3) is 0 Å². The number of hydrogen-bond donors (Lipinski definition) is 1. The minimum atomic E-state index is -3.50. The van der Waals surface area contributed by atoms with E-state index in [0.29, 0.717) is 21.6 Å². The van der Waals surface area contributed by atoms with E-state index in [4.69, 9.17) is 5.73 Å². The average molecular weight is 347 g/mol. The fraction of sp³-hybridized carbons (Fsp3) is 0.538. The highest BCUT2D eigenvalue weighted by Gasteiger charge is 2.36. The van der Waals surface area contributed by atoms with Crippen molar-refractivity contribution in [1.82, 2.24) is 4.31 Å².